The Bertz CT molecular complexity index is 2030. The van der Waals surface area contributed by atoms with Crippen LogP contribution in [0.4, 0.5) is 0 Å². The summed E-state index contributed by atoms with van der Waals surface area (Å²) in [5, 5.41) is 153. The van der Waals surface area contributed by atoms with Crippen molar-refractivity contribution in [3.05, 3.63) is 62.7 Å². The second-order valence-electron chi connectivity index (χ2n) is 18.3. The van der Waals surface area contributed by atoms with Crippen molar-refractivity contribution in [2.24, 2.45) is 31.7 Å². The lowest BCUT2D eigenvalue weighted by molar-refractivity contribution is -0.409. The molecule has 22 heterocycles. The average Bonchev–Trinajstić information content (AvgIpc) is 2.46. The number of aliphatic hydroxyl groups is 12. The molecule has 12 N–H and O–H groups in total. The molecule has 22 aliphatic rings. The molecule has 0 spiro atoms. The van der Waals surface area contributed by atoms with Crippen molar-refractivity contribution in [1.29, 1.82) is 0 Å². The summed E-state index contributed by atoms with van der Waals surface area (Å²) in [4.78, 5) is 46.0. The van der Waals surface area contributed by atoms with Gasteiger partial charge in [-0.1, -0.05) is 0 Å². The Morgan fingerprint density at radius 1 is 0.250 bits per heavy atom. The Labute approximate surface area is 465 Å². The quantitative estimate of drug-likeness (QED) is 0.0264. The summed E-state index contributed by atoms with van der Waals surface area (Å²) >= 11 is 0. The zero-order chi connectivity index (χ0) is 60.8. The van der Waals surface area contributed by atoms with E-state index in [9.17, 15) is 94.5 Å². The Hall–Kier alpha value is -6.30. The Morgan fingerprint density at radius 3 is 0.488 bits per heavy atom. The van der Waals surface area contributed by atoms with Crippen LogP contribution in [0.5, 0.6) is 0 Å². The van der Waals surface area contributed by atoms with Crippen LogP contribution in [-0.2, 0) is 85.9 Å². The number of ether oxygens (including phenoxy) is 12. The third-order valence-electron chi connectivity index (χ3n) is 13.7. The maximum Gasteiger partial charge on any atom is 0.188 e. The van der Waals surface area contributed by atoms with E-state index in [0.717, 1.165) is 0 Å². The number of rotatable bonds is 18. The number of azide groups is 6. The largest absolute Gasteiger partial charge is 0.424 e. The van der Waals surface area contributed by atoms with E-state index in [1.54, 1.807) is 0 Å². The van der Waals surface area contributed by atoms with E-state index in [-0.39, 0.29) is 0 Å². The van der Waals surface area contributed by atoms with Crippen molar-refractivity contribution in [3.8, 4) is 0 Å². The third-order valence-corrected chi connectivity index (χ3v) is 13.7. The second-order valence-corrected chi connectivity index (χ2v) is 18.3. The lowest BCUT2D eigenvalue weighted by Gasteiger charge is -2.51. The second kappa shape index (κ2) is 30.7. The minimum absolute atomic E-state index is 1.15. The van der Waals surface area contributed by atoms with Crippen LogP contribution in [0.25, 0.3) is 62.7 Å². The van der Waals surface area contributed by atoms with Gasteiger partial charge in [-0.05, 0) is 33.2 Å². The summed E-state index contributed by atoms with van der Waals surface area (Å²) in [7, 11) is 0. The van der Waals surface area contributed by atoms with Gasteiger partial charge in [-0.2, -0.15) is 0 Å². The molecular weight excluding hydrogens is 1160 g/mol. The van der Waals surface area contributed by atoms with Crippen LogP contribution >= 0.6 is 0 Å². The van der Waals surface area contributed by atoms with Gasteiger partial charge in [0.2, 0.25) is 0 Å². The summed E-state index contributed by atoms with van der Waals surface area (Å²) < 4.78 is 70.7. The van der Waals surface area contributed by atoms with Gasteiger partial charge in [0.1, 0.15) is 142 Å². The van der Waals surface area contributed by atoms with E-state index in [1.807, 2.05) is 0 Å². The maximum absolute atomic E-state index is 11.8. The molecule has 12 bridgehead atoms. The molecule has 84 heavy (non-hydrogen) atoms. The zero-order valence-corrected chi connectivity index (χ0v) is 42.3. The SMILES string of the molecule is [N-]=[N+]=NO[C@@H]1[C@@H](O)[C@H]2O[C@@H]3[C@H](ON=[N+]=[N-])[C@@H](O)[C@@H](O[C@@H]4[C@H](ON=[N+]=[N-])[C@@H](O)[C@@H](O[C@@H]5[C@H](ON=[N+]=[N-])[C@@H](O)[C@@H](O[C@@H]6[C@H](ON=[N+]=[N-])[C@@H](O)[C@@H](O[C@@H]7[C@H](ON=[N+]=[N-])[C@@H](O)[C@@H](O[C@H]1[C@@H](CO)O2)O[C@@H]7CO)O[C@@H]6CO)O[C@@H]5CO)O[C@@H]4CO)O[C@@H]3CO. The number of hydrogen-bond acceptors (Lipinski definition) is 36. The number of nitrogens with zero attached hydrogens (tertiary/aromatic N) is 18. The van der Waals surface area contributed by atoms with Crippen molar-refractivity contribution in [1.82, 2.24) is 0 Å². The van der Waals surface area contributed by atoms with Gasteiger partial charge in [0.05, 0.1) is 39.6 Å². The van der Waals surface area contributed by atoms with Gasteiger partial charge in [-0.25, -0.2) is 0 Å². The van der Waals surface area contributed by atoms with Crippen molar-refractivity contribution in [3.63, 3.8) is 0 Å². The maximum atomic E-state index is 11.8. The lowest BCUT2D eigenvalue weighted by Crippen LogP contribution is -2.69. The zero-order valence-electron chi connectivity index (χ0n) is 42.3. The van der Waals surface area contributed by atoms with E-state index < -0.39 is 224 Å². The van der Waals surface area contributed by atoms with Crippen molar-refractivity contribution in [2.75, 3.05) is 39.6 Å². The highest BCUT2D eigenvalue weighted by atomic mass is 16.8. The number of hydrogen-bond donors (Lipinski definition) is 12. The van der Waals surface area contributed by atoms with Crippen LogP contribution in [0.3, 0.4) is 0 Å². The molecule has 0 aromatic rings. The van der Waals surface area contributed by atoms with E-state index in [0.29, 0.717) is 0 Å². The van der Waals surface area contributed by atoms with Gasteiger partial charge >= 0.3 is 0 Å². The summed E-state index contributed by atoms with van der Waals surface area (Å²) in [6, 6.07) is 0. The molecule has 0 radical (unpaired) electrons. The fourth-order valence-corrected chi connectivity index (χ4v) is 10.0. The summed E-state index contributed by atoms with van der Waals surface area (Å²) in [5.41, 5.74) is 55.7. The molecule has 30 atom stereocenters. The molecule has 0 aromatic carbocycles. The molecule has 22 fully saturated rings. The van der Waals surface area contributed by atoms with Crippen LogP contribution in [0.1, 0.15) is 0 Å². The first-order valence-corrected chi connectivity index (χ1v) is 24.5. The summed E-state index contributed by atoms with van der Waals surface area (Å²) in [5.74, 6) is 0. The van der Waals surface area contributed by atoms with E-state index >= 15 is 0 Å². The van der Waals surface area contributed by atoms with Gasteiger partial charge in [0.15, 0.2) is 74.4 Å². The van der Waals surface area contributed by atoms with Crippen LogP contribution in [0.2, 0.25) is 0 Å². The van der Waals surface area contributed by atoms with Gasteiger partial charge in [0, 0.05) is 29.5 Å². The van der Waals surface area contributed by atoms with Gasteiger partial charge < -0.3 is 147 Å². The molecule has 0 aromatic heterocycles. The first-order chi connectivity index (χ1) is 40.6. The molecule has 0 aliphatic carbocycles. The Balaban J connectivity index is 1.34. The average molecular weight is 1220 g/mol. The van der Waals surface area contributed by atoms with Crippen LogP contribution in [-0.4, -0.2) is 285 Å². The topological polar surface area (TPSA) is 701 Å². The van der Waals surface area contributed by atoms with Crippen molar-refractivity contribution < 1.29 is 147 Å². The van der Waals surface area contributed by atoms with Crippen LogP contribution in [0, 0.1) is 0 Å². The summed E-state index contributed by atoms with van der Waals surface area (Å²) in [6.45, 7) is -6.90. The fraction of sp³-hybridized carbons (Fsp3) is 1.00. The molecule has 0 saturated carbocycles. The summed E-state index contributed by atoms with van der Waals surface area (Å²) in [6.07, 6.45) is -62.8. The monoisotopic (exact) mass is 1220 g/mol. The minimum atomic E-state index is -2.31. The Kier molecular flexibility index (Phi) is 23.8. The molecule has 22 rings (SSSR count). The molecule has 22 saturated heterocycles. The predicted molar refractivity (Wildman–Crippen MR) is 244 cm³/mol. The highest BCUT2D eigenvalue weighted by Gasteiger charge is 2.61. The smallest absolute Gasteiger partial charge is 0.188 e. The molecule has 22 aliphatic heterocycles. The molecule has 48 heteroatoms. The molecule has 0 unspecified atom stereocenters. The molecule has 0 amide bonds. The third kappa shape index (κ3) is 14.0. The normalized spacial score (nSPS) is 44.9. The first-order valence-electron chi connectivity index (χ1n) is 24.5. The Morgan fingerprint density at radius 2 is 0.381 bits per heavy atom. The highest BCUT2D eigenvalue weighted by molar-refractivity contribution is 5.02. The minimum Gasteiger partial charge on any atom is -0.424 e. The van der Waals surface area contributed by atoms with Crippen LogP contribution in [0.15, 0.2) is 31.7 Å². The standard InChI is InChI=1S/C36H54N18O30/c37-43-49-79-25-13(61)31-67-7(1-55)19(25)73-32-14(62)26(80-50-44-38)21(9(3-57)68-32)75-34-16(64)28(82-52-46-40)23(11(5-59)70-34)77-36-18(66)30(84-54-48-42)24(12(6-60)72-36)78-35-17(65)29(83-53-47-41)22(10(4-58)71-35)76-33-15(63)27(81-51-45-39)20(74-31)8(2-56)69-33/h7-36,55-66H,1-6H2/t7-,8-,9-,10-,11-,12-,13-,14-,15-,16-,17-,18-,19+,20+,21+,22+,23+,24+,25-,26-,27-,28-,29-,30-,31-,32-,33-,34-,35-,36-/m1/s1. The van der Waals surface area contributed by atoms with E-state index in [1.165, 1.54) is 0 Å². The highest BCUT2D eigenvalue weighted by Crippen LogP contribution is 2.40. The lowest BCUT2D eigenvalue weighted by atomic mass is 9.94. The number of aliphatic hydroxyl groups excluding tert-OH is 12. The van der Waals surface area contributed by atoms with Gasteiger partial charge in [-0.3, -0.25) is 0 Å². The van der Waals surface area contributed by atoms with E-state index in [2.05, 4.69) is 61.1 Å². The predicted octanol–water partition coefficient (Wildman–Crippen LogP) is -5.56. The first kappa shape index (κ1) is 65.2. The van der Waals surface area contributed by atoms with Gasteiger partial charge in [-0.15, -0.1) is 0 Å². The molecule has 48 nitrogen and oxygen atoms in total. The molecular formula is C36H54N18O30. The van der Waals surface area contributed by atoms with Crippen LogP contribution < -0.4 is 0 Å². The van der Waals surface area contributed by atoms with E-state index in [4.69, 9.17) is 85.9 Å². The van der Waals surface area contributed by atoms with Crippen molar-refractivity contribution in [2.45, 2.75) is 184 Å². The van der Waals surface area contributed by atoms with Gasteiger partial charge in [0.25, 0.3) is 0 Å². The van der Waals surface area contributed by atoms with Crippen molar-refractivity contribution >= 4 is 0 Å². The molecule has 468 valence electrons. The fourth-order valence-electron chi connectivity index (χ4n) is 10.0.